The number of carboxylic acids is 1. The Kier molecular flexibility index (Phi) is 14.0. The number of methoxy groups -OCH3 is 1. The van der Waals surface area contributed by atoms with Gasteiger partial charge in [0.2, 0.25) is 0 Å². The maximum absolute atomic E-state index is 10.8. The molecule has 0 aliphatic heterocycles. The minimum absolute atomic E-state index is 0. The van der Waals surface area contributed by atoms with Gasteiger partial charge >= 0.3 is 63.3 Å². The Hall–Kier alpha value is -0.924. The zero-order valence-electron chi connectivity index (χ0n) is 10.7. The second kappa shape index (κ2) is 13.1. The molecule has 0 heterocycles. The number of rotatable bonds is 3. The average molecular weight is 304 g/mol. The molecule has 0 aliphatic carbocycles. The molecule has 1 rings (SSSR count). The summed E-state index contributed by atoms with van der Waals surface area (Å²) in [5.41, 5.74) is 0.435. The van der Waals surface area contributed by atoms with Crippen LogP contribution in [0.3, 0.4) is 0 Å². The monoisotopic (exact) mass is 304 g/mol. The van der Waals surface area contributed by atoms with Gasteiger partial charge in [0.25, 0.3) is 0 Å². The molecular weight excluding hydrogens is 287 g/mol. The van der Waals surface area contributed by atoms with Gasteiger partial charge in [0, 0.05) is 6.08 Å². The van der Waals surface area contributed by atoms with Crippen LogP contribution in [0.2, 0.25) is 0 Å². The van der Waals surface area contributed by atoms with Crippen molar-refractivity contribution in [2.24, 2.45) is 0 Å². The van der Waals surface area contributed by atoms with E-state index in [1.165, 1.54) is 37.5 Å². The first-order chi connectivity index (χ1) is 9.01. The fourth-order valence-corrected chi connectivity index (χ4v) is 0.964. The molecule has 0 aliphatic rings. The molecule has 104 valence electrons. The molecule has 0 fully saturated rings. The van der Waals surface area contributed by atoms with Crippen molar-refractivity contribution in [2.45, 2.75) is 6.92 Å². The predicted octanol–water partition coefficient (Wildman–Crippen LogP) is 1.73. The van der Waals surface area contributed by atoms with Crippen LogP contribution < -0.4 is 0 Å². The first-order valence-electron chi connectivity index (χ1n) is 5.41. The molecule has 0 spiro atoms. The van der Waals surface area contributed by atoms with Crippen LogP contribution in [-0.4, -0.2) is 80.6 Å². The standard InChI is InChI=1S/C8H8O3.C6H8O2.K.H/c1-11-8(10)6-2-4-7(9)5-3-6;1-2-3-4-5-6(7)8;;/h2-5,9H,1H3;2-5H,1H3,(H,7,8);;/b;3-2+,5-4+;;. The number of allylic oxidation sites excluding steroid dienone is 3. The van der Waals surface area contributed by atoms with Gasteiger partial charge in [-0.25, -0.2) is 9.59 Å². The number of carboxylic acid groups (broad SMARTS) is 1. The number of phenols is 1. The van der Waals surface area contributed by atoms with Crippen molar-refractivity contribution in [1.29, 1.82) is 0 Å². The topological polar surface area (TPSA) is 83.8 Å². The maximum atomic E-state index is 10.8. The number of benzene rings is 1. The number of esters is 1. The molecule has 0 radical (unpaired) electrons. The van der Waals surface area contributed by atoms with Gasteiger partial charge in [0.05, 0.1) is 12.7 Å². The fraction of sp³-hybridized carbons (Fsp3) is 0.143. The van der Waals surface area contributed by atoms with Crippen LogP contribution in [0.4, 0.5) is 0 Å². The molecule has 6 heteroatoms. The molecule has 0 amide bonds. The van der Waals surface area contributed by atoms with Crippen LogP contribution in [0.15, 0.2) is 48.6 Å². The quantitative estimate of drug-likeness (QED) is 0.384. The Morgan fingerprint density at radius 1 is 1.15 bits per heavy atom. The second-order valence-corrected chi connectivity index (χ2v) is 3.26. The molecular formula is C14H17KO5. The van der Waals surface area contributed by atoms with Gasteiger partial charge in [-0.05, 0) is 31.2 Å². The Morgan fingerprint density at radius 3 is 2.10 bits per heavy atom. The van der Waals surface area contributed by atoms with Gasteiger partial charge in [0.15, 0.2) is 0 Å². The van der Waals surface area contributed by atoms with Crippen molar-refractivity contribution in [3.05, 3.63) is 54.1 Å². The van der Waals surface area contributed by atoms with Crippen molar-refractivity contribution in [2.75, 3.05) is 7.11 Å². The van der Waals surface area contributed by atoms with Crippen LogP contribution in [0.1, 0.15) is 17.3 Å². The van der Waals surface area contributed by atoms with E-state index in [0.717, 1.165) is 6.08 Å². The van der Waals surface area contributed by atoms with E-state index in [1.807, 2.05) is 6.92 Å². The summed E-state index contributed by atoms with van der Waals surface area (Å²) in [5.74, 6) is -1.18. The number of aromatic hydroxyl groups is 1. The third-order valence-corrected chi connectivity index (χ3v) is 1.83. The molecule has 0 saturated carbocycles. The van der Waals surface area contributed by atoms with E-state index >= 15 is 0 Å². The first kappa shape index (κ1) is 21.4. The Labute approximate surface area is 160 Å². The normalized spacial score (nSPS) is 9.50. The summed E-state index contributed by atoms with van der Waals surface area (Å²) in [6.07, 6.45) is 5.98. The molecule has 0 atom stereocenters. The van der Waals surface area contributed by atoms with Crippen LogP contribution in [-0.2, 0) is 9.53 Å². The van der Waals surface area contributed by atoms with E-state index in [-0.39, 0.29) is 57.1 Å². The van der Waals surface area contributed by atoms with Crippen LogP contribution in [0.25, 0.3) is 0 Å². The fourth-order valence-electron chi connectivity index (χ4n) is 0.964. The average Bonchev–Trinajstić information content (AvgIpc) is 2.39. The van der Waals surface area contributed by atoms with E-state index < -0.39 is 11.9 Å². The zero-order chi connectivity index (χ0) is 14.7. The summed E-state index contributed by atoms with van der Waals surface area (Å²) in [4.78, 5) is 20.6. The molecule has 20 heavy (non-hydrogen) atoms. The summed E-state index contributed by atoms with van der Waals surface area (Å²) < 4.78 is 4.46. The molecule has 5 nitrogen and oxygen atoms in total. The Balaban J connectivity index is 0. The van der Waals surface area contributed by atoms with Gasteiger partial charge in [-0.3, -0.25) is 0 Å². The van der Waals surface area contributed by atoms with Crippen LogP contribution in [0.5, 0.6) is 5.75 Å². The number of hydrogen-bond acceptors (Lipinski definition) is 4. The SMILES string of the molecule is C/C=C/C=C/C(=O)O.COC(=O)c1ccc(O)cc1.[KH]. The summed E-state index contributed by atoms with van der Waals surface area (Å²) in [7, 11) is 1.31. The van der Waals surface area contributed by atoms with Crippen molar-refractivity contribution in [3.63, 3.8) is 0 Å². The minimum atomic E-state index is -0.914. The molecule has 2 N–H and O–H groups in total. The van der Waals surface area contributed by atoms with Crippen LogP contribution in [0, 0.1) is 0 Å². The third kappa shape index (κ3) is 10.9. The van der Waals surface area contributed by atoms with Gasteiger partial charge in [-0.2, -0.15) is 0 Å². The predicted molar refractivity (Wildman–Crippen MR) is 78.2 cm³/mol. The summed E-state index contributed by atoms with van der Waals surface area (Å²) in [6, 6.07) is 5.88. The van der Waals surface area contributed by atoms with E-state index in [4.69, 9.17) is 10.2 Å². The number of carbonyl (C=O) groups excluding carboxylic acids is 1. The van der Waals surface area contributed by atoms with Crippen LogP contribution >= 0.6 is 0 Å². The number of aliphatic carboxylic acids is 1. The van der Waals surface area contributed by atoms with E-state index in [9.17, 15) is 9.59 Å². The van der Waals surface area contributed by atoms with Gasteiger partial charge in [0.1, 0.15) is 5.75 Å². The Morgan fingerprint density at radius 2 is 1.70 bits per heavy atom. The van der Waals surface area contributed by atoms with E-state index in [1.54, 1.807) is 12.2 Å². The van der Waals surface area contributed by atoms with Gasteiger partial charge in [-0.1, -0.05) is 18.2 Å². The summed E-state index contributed by atoms with van der Waals surface area (Å²) in [6.45, 7) is 1.83. The Bertz CT molecular complexity index is 463. The molecule has 0 aromatic heterocycles. The third-order valence-electron chi connectivity index (χ3n) is 1.83. The second-order valence-electron chi connectivity index (χ2n) is 3.26. The van der Waals surface area contributed by atoms with Gasteiger partial charge in [-0.15, -0.1) is 0 Å². The van der Waals surface area contributed by atoms with Gasteiger partial charge < -0.3 is 14.9 Å². The summed E-state index contributed by atoms with van der Waals surface area (Å²) >= 11 is 0. The van der Waals surface area contributed by atoms with Crippen molar-refractivity contribution in [1.82, 2.24) is 0 Å². The first-order valence-corrected chi connectivity index (χ1v) is 5.41. The number of phenolic OH excluding ortho intramolecular Hbond substituents is 1. The molecule has 0 unspecified atom stereocenters. The molecule has 1 aromatic carbocycles. The van der Waals surface area contributed by atoms with Crippen molar-refractivity contribution >= 4 is 63.3 Å². The number of hydrogen-bond donors (Lipinski definition) is 2. The van der Waals surface area contributed by atoms with Crippen molar-refractivity contribution in [3.8, 4) is 5.75 Å². The van der Waals surface area contributed by atoms with Crippen molar-refractivity contribution < 1.29 is 24.5 Å². The molecule has 1 aromatic rings. The van der Waals surface area contributed by atoms with E-state index in [2.05, 4.69) is 4.74 Å². The summed E-state index contributed by atoms with van der Waals surface area (Å²) in [5, 5.41) is 16.9. The number of ether oxygens (including phenoxy) is 1. The molecule has 0 bridgehead atoms. The molecule has 0 saturated heterocycles. The zero-order valence-corrected chi connectivity index (χ0v) is 10.7. The number of carbonyl (C=O) groups is 2. The van der Waals surface area contributed by atoms with E-state index in [0.29, 0.717) is 5.56 Å².